The van der Waals surface area contributed by atoms with Gasteiger partial charge in [0.1, 0.15) is 5.67 Å². The molecule has 1 nitrogen and oxygen atoms in total. The van der Waals surface area contributed by atoms with E-state index in [0.29, 0.717) is 12.8 Å². The highest BCUT2D eigenvalue weighted by molar-refractivity contribution is 4.92. The maximum absolute atomic E-state index is 14.0. The molecular weight excluding hydrogens is 165 g/mol. The van der Waals surface area contributed by atoms with Crippen molar-refractivity contribution < 1.29 is 4.39 Å². The fourth-order valence-electron chi connectivity index (χ4n) is 1.94. The topological polar surface area (TPSA) is 12.0 Å². The molecule has 1 unspecified atom stereocenters. The minimum absolute atomic E-state index is 0.196. The molecule has 1 heterocycles. The van der Waals surface area contributed by atoms with Gasteiger partial charge in [-0.25, -0.2) is 4.39 Å². The van der Waals surface area contributed by atoms with E-state index in [1.165, 1.54) is 0 Å². The molecule has 0 radical (unpaired) electrons. The number of hydrogen-bond donors (Lipinski definition) is 1. The summed E-state index contributed by atoms with van der Waals surface area (Å²) in [5.41, 5.74) is -1.06. The lowest BCUT2D eigenvalue weighted by molar-refractivity contribution is 0.0717. The van der Waals surface area contributed by atoms with E-state index in [9.17, 15) is 4.39 Å². The third-order valence-corrected chi connectivity index (χ3v) is 2.95. The van der Waals surface area contributed by atoms with Crippen molar-refractivity contribution in [2.75, 3.05) is 13.1 Å². The zero-order valence-corrected chi connectivity index (χ0v) is 8.28. The summed E-state index contributed by atoms with van der Waals surface area (Å²) in [6.45, 7) is 3.58. The van der Waals surface area contributed by atoms with Crippen molar-refractivity contribution >= 4 is 0 Å². The van der Waals surface area contributed by atoms with Crippen LogP contribution in [0.3, 0.4) is 0 Å². The lowest BCUT2D eigenvalue weighted by Gasteiger charge is -2.33. The van der Waals surface area contributed by atoms with E-state index in [1.54, 1.807) is 6.92 Å². The van der Waals surface area contributed by atoms with Gasteiger partial charge >= 0.3 is 0 Å². The minimum Gasteiger partial charge on any atom is -0.317 e. The molecule has 0 saturated carbocycles. The lowest BCUT2D eigenvalue weighted by Crippen LogP contribution is -2.38. The zero-order chi connectivity index (χ0) is 9.73. The number of alkyl halides is 1. The van der Waals surface area contributed by atoms with Crippen molar-refractivity contribution in [1.82, 2.24) is 5.32 Å². The molecule has 1 saturated heterocycles. The number of piperidine rings is 1. The molecule has 0 aliphatic carbocycles. The molecule has 0 bridgehead atoms. The molecule has 2 heteroatoms. The summed E-state index contributed by atoms with van der Waals surface area (Å²) in [5.74, 6) is 2.70. The van der Waals surface area contributed by atoms with E-state index in [1.807, 2.05) is 0 Å². The van der Waals surface area contributed by atoms with Crippen LogP contribution in [0, 0.1) is 18.3 Å². The van der Waals surface area contributed by atoms with E-state index in [2.05, 4.69) is 11.2 Å². The zero-order valence-electron chi connectivity index (χ0n) is 8.28. The number of halogens is 1. The summed E-state index contributed by atoms with van der Waals surface area (Å²) in [7, 11) is 0. The SMILES string of the molecule is C#CCCC(C)(F)C1CCNCC1. The van der Waals surface area contributed by atoms with Crippen LogP contribution in [-0.2, 0) is 0 Å². The molecule has 0 spiro atoms. The minimum atomic E-state index is -1.06. The van der Waals surface area contributed by atoms with E-state index in [-0.39, 0.29) is 5.92 Å². The van der Waals surface area contributed by atoms with Gasteiger partial charge in [-0.2, -0.15) is 0 Å². The molecule has 1 aliphatic heterocycles. The first kappa shape index (κ1) is 10.5. The van der Waals surface area contributed by atoms with Gasteiger partial charge in [-0.1, -0.05) is 0 Å². The maximum Gasteiger partial charge on any atom is 0.112 e. The average Bonchev–Trinajstić information content (AvgIpc) is 2.16. The van der Waals surface area contributed by atoms with Crippen molar-refractivity contribution in [3.63, 3.8) is 0 Å². The van der Waals surface area contributed by atoms with E-state index in [0.717, 1.165) is 25.9 Å². The molecule has 0 aromatic carbocycles. The van der Waals surface area contributed by atoms with Crippen LogP contribution < -0.4 is 5.32 Å². The number of nitrogens with one attached hydrogen (secondary N) is 1. The Morgan fingerprint density at radius 3 is 2.69 bits per heavy atom. The standard InChI is InChI=1S/C11H18FN/c1-3-4-7-11(2,12)10-5-8-13-9-6-10/h1,10,13H,4-9H2,2H3. The molecular formula is C11H18FN. The molecule has 0 aromatic heterocycles. The molecule has 1 aliphatic rings. The van der Waals surface area contributed by atoms with Gasteiger partial charge in [0.15, 0.2) is 0 Å². The summed E-state index contributed by atoms with van der Waals surface area (Å²) in [5, 5.41) is 3.24. The van der Waals surface area contributed by atoms with Crippen molar-refractivity contribution in [2.45, 2.75) is 38.3 Å². The molecule has 74 valence electrons. The Balaban J connectivity index is 2.42. The average molecular weight is 183 g/mol. The number of terminal acetylenes is 1. The van der Waals surface area contributed by atoms with Crippen LogP contribution in [0.1, 0.15) is 32.6 Å². The predicted molar refractivity (Wildman–Crippen MR) is 53.2 cm³/mol. The quantitative estimate of drug-likeness (QED) is 0.661. The normalized spacial score (nSPS) is 23.5. The summed E-state index contributed by atoms with van der Waals surface area (Å²) < 4.78 is 14.0. The second-order valence-corrected chi connectivity index (χ2v) is 4.01. The van der Waals surface area contributed by atoms with Crippen LogP contribution in [0.15, 0.2) is 0 Å². The smallest absolute Gasteiger partial charge is 0.112 e. The first-order valence-corrected chi connectivity index (χ1v) is 5.00. The summed E-state index contributed by atoms with van der Waals surface area (Å²) in [6.07, 6.45) is 8.08. The third-order valence-electron chi connectivity index (χ3n) is 2.95. The summed E-state index contributed by atoms with van der Waals surface area (Å²) >= 11 is 0. The summed E-state index contributed by atoms with van der Waals surface area (Å²) in [6, 6.07) is 0. The van der Waals surface area contributed by atoms with Gasteiger partial charge in [0.2, 0.25) is 0 Å². The van der Waals surface area contributed by atoms with Gasteiger partial charge in [0.05, 0.1) is 0 Å². The summed E-state index contributed by atoms with van der Waals surface area (Å²) in [4.78, 5) is 0. The van der Waals surface area contributed by atoms with Crippen molar-refractivity contribution in [3.8, 4) is 12.3 Å². The van der Waals surface area contributed by atoms with Gasteiger partial charge in [0, 0.05) is 6.42 Å². The highest BCUT2D eigenvalue weighted by atomic mass is 19.1. The number of rotatable bonds is 3. The van der Waals surface area contributed by atoms with E-state index >= 15 is 0 Å². The van der Waals surface area contributed by atoms with Gasteiger partial charge in [-0.3, -0.25) is 0 Å². The van der Waals surface area contributed by atoms with Gasteiger partial charge < -0.3 is 5.32 Å². The molecule has 1 N–H and O–H groups in total. The predicted octanol–water partition coefficient (Wildman–Crippen LogP) is 2.13. The van der Waals surface area contributed by atoms with Gasteiger partial charge in [-0.05, 0) is 45.2 Å². The van der Waals surface area contributed by atoms with Crippen LogP contribution in [-0.4, -0.2) is 18.8 Å². The van der Waals surface area contributed by atoms with E-state index < -0.39 is 5.67 Å². The van der Waals surface area contributed by atoms with Gasteiger partial charge in [-0.15, -0.1) is 12.3 Å². The fraction of sp³-hybridized carbons (Fsp3) is 0.818. The highest BCUT2D eigenvalue weighted by Gasteiger charge is 2.33. The maximum atomic E-state index is 14.0. The molecule has 0 amide bonds. The second kappa shape index (κ2) is 4.62. The Labute approximate surface area is 80.1 Å². The lowest BCUT2D eigenvalue weighted by atomic mass is 9.81. The molecule has 1 fully saturated rings. The monoisotopic (exact) mass is 183 g/mol. The van der Waals surface area contributed by atoms with Gasteiger partial charge in [0.25, 0.3) is 0 Å². The van der Waals surface area contributed by atoms with Crippen LogP contribution in [0.25, 0.3) is 0 Å². The van der Waals surface area contributed by atoms with Crippen LogP contribution in [0.4, 0.5) is 4.39 Å². The molecule has 0 aromatic rings. The third kappa shape index (κ3) is 3.00. The molecule has 1 rings (SSSR count). The highest BCUT2D eigenvalue weighted by Crippen LogP contribution is 2.33. The first-order chi connectivity index (χ1) is 6.17. The largest absolute Gasteiger partial charge is 0.317 e. The Morgan fingerprint density at radius 2 is 2.15 bits per heavy atom. The Kier molecular flexibility index (Phi) is 3.74. The van der Waals surface area contributed by atoms with Crippen LogP contribution >= 0.6 is 0 Å². The number of hydrogen-bond acceptors (Lipinski definition) is 1. The molecule has 13 heavy (non-hydrogen) atoms. The van der Waals surface area contributed by atoms with E-state index in [4.69, 9.17) is 6.42 Å². The second-order valence-electron chi connectivity index (χ2n) is 4.01. The van der Waals surface area contributed by atoms with Crippen molar-refractivity contribution in [3.05, 3.63) is 0 Å². The van der Waals surface area contributed by atoms with Crippen molar-refractivity contribution in [1.29, 1.82) is 0 Å². The first-order valence-electron chi connectivity index (χ1n) is 5.00. The fourth-order valence-corrected chi connectivity index (χ4v) is 1.94. The Morgan fingerprint density at radius 1 is 1.54 bits per heavy atom. The van der Waals surface area contributed by atoms with Crippen LogP contribution in [0.5, 0.6) is 0 Å². The molecule has 1 atom stereocenters. The van der Waals surface area contributed by atoms with Crippen LogP contribution in [0.2, 0.25) is 0 Å². The Hall–Kier alpha value is -0.550. The van der Waals surface area contributed by atoms with Crippen molar-refractivity contribution in [2.24, 2.45) is 5.92 Å². The Bertz CT molecular complexity index is 187.